The lowest BCUT2D eigenvalue weighted by Gasteiger charge is -2.11. The molecule has 0 unspecified atom stereocenters. The van der Waals surface area contributed by atoms with Crippen molar-refractivity contribution >= 4 is 52.4 Å². The molecule has 0 atom stereocenters. The molecule has 0 aliphatic rings. The third-order valence-electron chi connectivity index (χ3n) is 2.65. The van der Waals surface area contributed by atoms with Gasteiger partial charge in [0.1, 0.15) is 0 Å². The molecule has 0 saturated heterocycles. The highest BCUT2D eigenvalue weighted by atomic mass is 35.5. The van der Waals surface area contributed by atoms with Crippen LogP contribution in [0.1, 0.15) is 20.7 Å². The fourth-order valence-electron chi connectivity index (χ4n) is 1.70. The number of anilines is 1. The van der Waals surface area contributed by atoms with E-state index < -0.39 is 11.9 Å². The first-order valence-corrected chi connectivity index (χ1v) is 6.81. The Kier molecular flexibility index (Phi) is 4.73. The quantitative estimate of drug-likeness (QED) is 0.855. The van der Waals surface area contributed by atoms with E-state index in [0.717, 1.165) is 0 Å². The minimum atomic E-state index is -1.21. The van der Waals surface area contributed by atoms with Gasteiger partial charge < -0.3 is 10.4 Å². The molecular formula is C14H8Cl3NO3. The Morgan fingerprint density at radius 1 is 1.00 bits per heavy atom. The second-order valence-electron chi connectivity index (χ2n) is 4.05. The number of halogens is 3. The van der Waals surface area contributed by atoms with Crippen LogP contribution in [0.5, 0.6) is 0 Å². The molecule has 0 aliphatic carbocycles. The molecule has 7 heteroatoms. The van der Waals surface area contributed by atoms with Crippen molar-refractivity contribution in [3.05, 3.63) is 62.6 Å². The predicted octanol–water partition coefficient (Wildman–Crippen LogP) is 4.60. The summed E-state index contributed by atoms with van der Waals surface area (Å²) in [6.45, 7) is 0. The second kappa shape index (κ2) is 6.35. The van der Waals surface area contributed by atoms with Crippen molar-refractivity contribution in [1.29, 1.82) is 0 Å². The number of hydrogen-bond acceptors (Lipinski definition) is 2. The molecule has 0 spiro atoms. The highest BCUT2D eigenvalue weighted by Crippen LogP contribution is 2.27. The van der Waals surface area contributed by atoms with Crippen LogP contribution in [0, 0.1) is 0 Å². The SMILES string of the molecule is O=C(O)c1cc(Cl)ccc1NC(=O)c1c(Cl)cccc1Cl. The van der Waals surface area contributed by atoms with Crippen LogP contribution in [0.25, 0.3) is 0 Å². The van der Waals surface area contributed by atoms with E-state index in [1.807, 2.05) is 0 Å². The highest BCUT2D eigenvalue weighted by Gasteiger charge is 2.18. The second-order valence-corrected chi connectivity index (χ2v) is 5.30. The van der Waals surface area contributed by atoms with Gasteiger partial charge in [-0.3, -0.25) is 4.79 Å². The molecule has 0 aromatic heterocycles. The van der Waals surface area contributed by atoms with Crippen LogP contribution in [0.3, 0.4) is 0 Å². The molecule has 0 bridgehead atoms. The lowest BCUT2D eigenvalue weighted by atomic mass is 10.1. The monoisotopic (exact) mass is 343 g/mol. The van der Waals surface area contributed by atoms with Gasteiger partial charge in [0.15, 0.2) is 0 Å². The third-order valence-corrected chi connectivity index (χ3v) is 3.52. The largest absolute Gasteiger partial charge is 0.478 e. The Labute approximate surface area is 135 Å². The smallest absolute Gasteiger partial charge is 0.337 e. The Morgan fingerprint density at radius 2 is 1.62 bits per heavy atom. The molecule has 2 rings (SSSR count). The number of rotatable bonds is 3. The molecule has 21 heavy (non-hydrogen) atoms. The van der Waals surface area contributed by atoms with Gasteiger partial charge in [-0.2, -0.15) is 0 Å². The summed E-state index contributed by atoms with van der Waals surface area (Å²) >= 11 is 17.6. The van der Waals surface area contributed by atoms with E-state index in [1.165, 1.54) is 30.3 Å². The predicted molar refractivity (Wildman–Crippen MR) is 82.8 cm³/mol. The molecule has 0 heterocycles. The van der Waals surface area contributed by atoms with Gasteiger partial charge in [0.25, 0.3) is 5.91 Å². The van der Waals surface area contributed by atoms with Gasteiger partial charge in [-0.05, 0) is 30.3 Å². The van der Waals surface area contributed by atoms with Crippen LogP contribution in [0.2, 0.25) is 15.1 Å². The van der Waals surface area contributed by atoms with Crippen molar-refractivity contribution in [2.45, 2.75) is 0 Å². The molecule has 2 N–H and O–H groups in total. The molecule has 0 saturated carbocycles. The summed E-state index contributed by atoms with van der Waals surface area (Å²) in [7, 11) is 0. The number of carboxylic acid groups (broad SMARTS) is 1. The number of hydrogen-bond donors (Lipinski definition) is 2. The van der Waals surface area contributed by atoms with Crippen LogP contribution in [0.4, 0.5) is 5.69 Å². The van der Waals surface area contributed by atoms with Crippen molar-refractivity contribution < 1.29 is 14.7 Å². The maximum absolute atomic E-state index is 12.2. The number of carbonyl (C=O) groups is 2. The van der Waals surface area contributed by atoms with E-state index >= 15 is 0 Å². The maximum Gasteiger partial charge on any atom is 0.337 e. The van der Waals surface area contributed by atoms with E-state index in [4.69, 9.17) is 39.9 Å². The first kappa shape index (κ1) is 15.6. The summed E-state index contributed by atoms with van der Waals surface area (Å²) < 4.78 is 0. The zero-order chi connectivity index (χ0) is 15.6. The summed E-state index contributed by atoms with van der Waals surface area (Å²) in [5, 5.41) is 12.2. The third kappa shape index (κ3) is 3.47. The summed E-state index contributed by atoms with van der Waals surface area (Å²) in [5.41, 5.74) is 0.0547. The summed E-state index contributed by atoms with van der Waals surface area (Å²) in [4.78, 5) is 23.4. The number of benzene rings is 2. The van der Waals surface area contributed by atoms with E-state index in [0.29, 0.717) is 0 Å². The van der Waals surface area contributed by atoms with Gasteiger partial charge >= 0.3 is 5.97 Å². The van der Waals surface area contributed by atoms with E-state index in [2.05, 4.69) is 5.32 Å². The molecule has 4 nitrogen and oxygen atoms in total. The van der Waals surface area contributed by atoms with Crippen molar-refractivity contribution in [2.75, 3.05) is 5.32 Å². The lowest BCUT2D eigenvalue weighted by Crippen LogP contribution is -2.15. The number of carbonyl (C=O) groups excluding carboxylic acids is 1. The van der Waals surface area contributed by atoms with Gasteiger partial charge in [0, 0.05) is 5.02 Å². The summed E-state index contributed by atoms with van der Waals surface area (Å²) in [5.74, 6) is -1.81. The van der Waals surface area contributed by atoms with Gasteiger partial charge in [-0.15, -0.1) is 0 Å². The van der Waals surface area contributed by atoms with Gasteiger partial charge in [-0.25, -0.2) is 4.79 Å². The topological polar surface area (TPSA) is 66.4 Å². The van der Waals surface area contributed by atoms with Gasteiger partial charge in [0.05, 0.1) is 26.9 Å². The van der Waals surface area contributed by atoms with Crippen molar-refractivity contribution in [3.63, 3.8) is 0 Å². The molecular weight excluding hydrogens is 337 g/mol. The van der Waals surface area contributed by atoms with Crippen LogP contribution < -0.4 is 5.32 Å². The fraction of sp³-hybridized carbons (Fsp3) is 0. The minimum absolute atomic E-state index is 0.0760. The maximum atomic E-state index is 12.2. The zero-order valence-corrected chi connectivity index (χ0v) is 12.6. The molecule has 2 aromatic rings. The van der Waals surface area contributed by atoms with Gasteiger partial charge in [-0.1, -0.05) is 40.9 Å². The first-order chi connectivity index (χ1) is 9.90. The van der Waals surface area contributed by atoms with Crippen LogP contribution in [0.15, 0.2) is 36.4 Å². The van der Waals surface area contributed by atoms with E-state index in [9.17, 15) is 9.59 Å². The minimum Gasteiger partial charge on any atom is -0.478 e. The molecule has 0 aliphatic heterocycles. The summed E-state index contributed by atoms with van der Waals surface area (Å²) in [6, 6.07) is 8.75. The van der Waals surface area contributed by atoms with E-state index in [-0.39, 0.29) is 31.9 Å². The van der Waals surface area contributed by atoms with Crippen LogP contribution in [-0.2, 0) is 0 Å². The van der Waals surface area contributed by atoms with Crippen molar-refractivity contribution in [1.82, 2.24) is 0 Å². The Bertz CT molecular complexity index is 711. The number of nitrogens with one attached hydrogen (secondary N) is 1. The number of aromatic carboxylic acids is 1. The number of carboxylic acids is 1. The normalized spacial score (nSPS) is 10.2. The van der Waals surface area contributed by atoms with Crippen LogP contribution in [-0.4, -0.2) is 17.0 Å². The van der Waals surface area contributed by atoms with Gasteiger partial charge in [0.2, 0.25) is 0 Å². The number of amides is 1. The Balaban J connectivity index is 2.39. The Morgan fingerprint density at radius 3 is 2.19 bits per heavy atom. The van der Waals surface area contributed by atoms with Crippen LogP contribution >= 0.6 is 34.8 Å². The molecule has 108 valence electrons. The molecule has 2 aromatic carbocycles. The fourth-order valence-corrected chi connectivity index (χ4v) is 2.44. The molecule has 1 amide bonds. The molecule has 0 radical (unpaired) electrons. The average molecular weight is 345 g/mol. The molecule has 0 fully saturated rings. The van der Waals surface area contributed by atoms with E-state index in [1.54, 1.807) is 6.07 Å². The zero-order valence-electron chi connectivity index (χ0n) is 10.4. The summed E-state index contributed by atoms with van der Waals surface area (Å²) in [6.07, 6.45) is 0. The van der Waals surface area contributed by atoms with Crippen molar-refractivity contribution in [3.8, 4) is 0 Å². The van der Waals surface area contributed by atoms with Crippen molar-refractivity contribution in [2.24, 2.45) is 0 Å². The average Bonchev–Trinajstić information content (AvgIpc) is 2.40. The first-order valence-electron chi connectivity index (χ1n) is 5.68. The standard InChI is InChI=1S/C14H8Cl3NO3/c15-7-4-5-11(8(6-7)14(20)21)18-13(19)12-9(16)2-1-3-10(12)17/h1-6H,(H,18,19)(H,20,21). The Hall–Kier alpha value is -1.75. The highest BCUT2D eigenvalue weighted by molar-refractivity contribution is 6.40. The lowest BCUT2D eigenvalue weighted by molar-refractivity contribution is 0.0698.